The summed E-state index contributed by atoms with van der Waals surface area (Å²) in [4.78, 5) is 49.3. The number of thiazole rings is 1. The molecule has 0 aliphatic carbocycles. The number of rotatable bonds is 6. The number of amides is 2. The summed E-state index contributed by atoms with van der Waals surface area (Å²) in [5.41, 5.74) is 2.85. The van der Waals surface area contributed by atoms with Crippen LogP contribution in [0.4, 0.5) is 11.4 Å². The molecule has 9 heteroatoms. The van der Waals surface area contributed by atoms with Crippen LogP contribution in [0.1, 0.15) is 33.9 Å². The maximum atomic E-state index is 13.9. The van der Waals surface area contributed by atoms with Crippen LogP contribution >= 0.6 is 11.3 Å². The number of carbonyl (C=O) groups excluding carboxylic acids is 3. The SMILES string of the molecule is CC(=O)Nc1cccc(N2C(=O)C(O)=C(C(=O)c3sc(-c4ccccc4)nc3C)C2c2ccncc2)c1. The molecule has 2 aromatic heterocycles. The molecule has 1 atom stereocenters. The van der Waals surface area contributed by atoms with Gasteiger partial charge in [0.05, 0.1) is 22.2 Å². The van der Waals surface area contributed by atoms with Crippen molar-refractivity contribution in [1.29, 1.82) is 0 Å². The molecule has 0 spiro atoms. The fourth-order valence-corrected chi connectivity index (χ4v) is 5.36. The van der Waals surface area contributed by atoms with E-state index in [2.05, 4.69) is 15.3 Å². The number of aliphatic hydroxyl groups excluding tert-OH is 1. The fourth-order valence-electron chi connectivity index (χ4n) is 4.34. The van der Waals surface area contributed by atoms with Crippen LogP contribution < -0.4 is 10.2 Å². The highest BCUT2D eigenvalue weighted by molar-refractivity contribution is 7.17. The van der Waals surface area contributed by atoms with Crippen LogP contribution in [0.15, 0.2) is 90.5 Å². The molecule has 8 nitrogen and oxygen atoms in total. The van der Waals surface area contributed by atoms with Gasteiger partial charge in [-0.2, -0.15) is 0 Å². The Labute approximate surface area is 216 Å². The number of aryl methyl sites for hydroxylation is 1. The van der Waals surface area contributed by atoms with Crippen molar-refractivity contribution < 1.29 is 19.5 Å². The van der Waals surface area contributed by atoms with Gasteiger partial charge in [-0.3, -0.25) is 24.3 Å². The lowest BCUT2D eigenvalue weighted by molar-refractivity contribution is -0.117. The first kappa shape index (κ1) is 24.1. The normalized spacial score (nSPS) is 15.2. The minimum absolute atomic E-state index is 0.0347. The molecule has 2 aromatic carbocycles. The number of aliphatic hydroxyl groups is 1. The monoisotopic (exact) mass is 510 g/mol. The van der Waals surface area contributed by atoms with Gasteiger partial charge in [-0.1, -0.05) is 36.4 Å². The van der Waals surface area contributed by atoms with E-state index < -0.39 is 23.5 Å². The quantitative estimate of drug-likeness (QED) is 0.343. The van der Waals surface area contributed by atoms with Crippen LogP contribution in [0.5, 0.6) is 0 Å². The highest BCUT2D eigenvalue weighted by atomic mass is 32.1. The van der Waals surface area contributed by atoms with E-state index in [4.69, 9.17) is 0 Å². The van der Waals surface area contributed by atoms with Crippen LogP contribution in [-0.4, -0.2) is 32.7 Å². The third kappa shape index (κ3) is 4.52. The summed E-state index contributed by atoms with van der Waals surface area (Å²) < 4.78 is 0. The molecule has 1 aliphatic heterocycles. The van der Waals surface area contributed by atoms with E-state index in [0.29, 0.717) is 32.5 Å². The van der Waals surface area contributed by atoms with Gasteiger partial charge >= 0.3 is 0 Å². The molecular formula is C28H22N4O4S. The van der Waals surface area contributed by atoms with E-state index in [9.17, 15) is 19.5 Å². The maximum absolute atomic E-state index is 13.9. The molecule has 0 saturated carbocycles. The zero-order valence-corrected chi connectivity index (χ0v) is 20.8. The van der Waals surface area contributed by atoms with Crippen molar-refractivity contribution in [2.75, 3.05) is 10.2 Å². The number of anilines is 2. The van der Waals surface area contributed by atoms with Crippen LogP contribution in [0, 0.1) is 6.92 Å². The highest BCUT2D eigenvalue weighted by Crippen LogP contribution is 2.43. The number of nitrogens with zero attached hydrogens (tertiary/aromatic N) is 3. The van der Waals surface area contributed by atoms with Crippen LogP contribution in [-0.2, 0) is 9.59 Å². The molecule has 2 N–H and O–H groups in total. The van der Waals surface area contributed by atoms with E-state index in [1.165, 1.54) is 23.2 Å². The Balaban J connectivity index is 1.61. The highest BCUT2D eigenvalue weighted by Gasteiger charge is 2.45. The van der Waals surface area contributed by atoms with E-state index in [0.717, 1.165) is 5.56 Å². The van der Waals surface area contributed by atoms with Crippen molar-refractivity contribution in [2.45, 2.75) is 19.9 Å². The average Bonchev–Trinajstić information content (AvgIpc) is 3.42. The second-order valence-electron chi connectivity index (χ2n) is 8.48. The predicted molar refractivity (Wildman–Crippen MR) is 141 cm³/mol. The zero-order chi connectivity index (χ0) is 26.1. The summed E-state index contributed by atoms with van der Waals surface area (Å²) in [6, 6.07) is 18.7. The number of benzene rings is 2. The van der Waals surface area contributed by atoms with Gasteiger partial charge < -0.3 is 10.4 Å². The van der Waals surface area contributed by atoms with Gasteiger partial charge in [0.2, 0.25) is 11.7 Å². The van der Waals surface area contributed by atoms with Crippen molar-refractivity contribution in [1.82, 2.24) is 9.97 Å². The number of aromatic nitrogens is 2. The van der Waals surface area contributed by atoms with E-state index in [1.54, 1.807) is 55.7 Å². The van der Waals surface area contributed by atoms with Gasteiger partial charge in [0, 0.05) is 36.3 Å². The van der Waals surface area contributed by atoms with Gasteiger partial charge in [-0.05, 0) is 42.8 Å². The predicted octanol–water partition coefficient (Wildman–Crippen LogP) is 5.25. The Morgan fingerprint density at radius 2 is 1.76 bits per heavy atom. The van der Waals surface area contributed by atoms with Gasteiger partial charge in [0.25, 0.3) is 5.91 Å². The Kier molecular flexibility index (Phi) is 6.37. The van der Waals surface area contributed by atoms with Crippen LogP contribution in [0.2, 0.25) is 0 Å². The first-order valence-corrected chi connectivity index (χ1v) is 12.3. The molecule has 184 valence electrons. The average molecular weight is 511 g/mol. The van der Waals surface area contributed by atoms with Gasteiger partial charge in [0.15, 0.2) is 5.76 Å². The van der Waals surface area contributed by atoms with E-state index in [1.807, 2.05) is 30.3 Å². The molecule has 1 aliphatic rings. The second-order valence-corrected chi connectivity index (χ2v) is 9.48. The summed E-state index contributed by atoms with van der Waals surface area (Å²) in [5, 5.41) is 14.4. The summed E-state index contributed by atoms with van der Waals surface area (Å²) in [5.74, 6) is -2.06. The summed E-state index contributed by atoms with van der Waals surface area (Å²) in [6.45, 7) is 3.12. The summed E-state index contributed by atoms with van der Waals surface area (Å²) in [7, 11) is 0. The van der Waals surface area contributed by atoms with E-state index >= 15 is 0 Å². The lowest BCUT2D eigenvalue weighted by atomic mass is 9.95. The molecule has 1 unspecified atom stereocenters. The fraction of sp³-hybridized carbons (Fsp3) is 0.107. The van der Waals surface area contributed by atoms with Gasteiger partial charge in [0.1, 0.15) is 5.01 Å². The molecule has 0 fully saturated rings. The van der Waals surface area contributed by atoms with Crippen molar-refractivity contribution in [2.24, 2.45) is 0 Å². The molecule has 3 heterocycles. The van der Waals surface area contributed by atoms with Gasteiger partial charge in [-0.25, -0.2) is 4.98 Å². The van der Waals surface area contributed by atoms with Crippen LogP contribution in [0.3, 0.4) is 0 Å². The number of ketones is 1. The van der Waals surface area contributed by atoms with Crippen LogP contribution in [0.25, 0.3) is 10.6 Å². The molecule has 0 saturated heterocycles. The lowest BCUT2D eigenvalue weighted by Gasteiger charge is -2.27. The lowest BCUT2D eigenvalue weighted by Crippen LogP contribution is -2.31. The Morgan fingerprint density at radius 1 is 1.03 bits per heavy atom. The largest absolute Gasteiger partial charge is 0.503 e. The van der Waals surface area contributed by atoms with Crippen molar-refractivity contribution in [3.8, 4) is 10.6 Å². The molecule has 5 rings (SSSR count). The first-order chi connectivity index (χ1) is 17.8. The second kappa shape index (κ2) is 9.79. The van der Waals surface area contributed by atoms with Crippen molar-refractivity contribution in [3.05, 3.63) is 107 Å². The topological polar surface area (TPSA) is 112 Å². The summed E-state index contributed by atoms with van der Waals surface area (Å²) in [6.07, 6.45) is 3.13. The first-order valence-electron chi connectivity index (χ1n) is 11.5. The number of carbonyl (C=O) groups is 3. The Morgan fingerprint density at radius 3 is 2.46 bits per heavy atom. The number of Topliss-reactive ketones (excluding diaryl/α,β-unsaturated/α-hetero) is 1. The molecular weight excluding hydrogens is 488 g/mol. The summed E-state index contributed by atoms with van der Waals surface area (Å²) >= 11 is 1.22. The third-order valence-electron chi connectivity index (χ3n) is 5.94. The molecule has 0 radical (unpaired) electrons. The van der Waals surface area contributed by atoms with E-state index in [-0.39, 0.29) is 11.5 Å². The zero-order valence-electron chi connectivity index (χ0n) is 20.0. The number of hydrogen-bond donors (Lipinski definition) is 2. The minimum atomic E-state index is -0.905. The standard InChI is InChI=1S/C28H22N4O4S/c1-16-26(37-27(30-16)19-7-4-3-5-8-19)24(34)22-23(18-11-13-29-14-12-18)32(28(36)25(22)35)21-10-6-9-20(15-21)31-17(2)33/h3-15,23,35H,1-2H3,(H,31,33). The molecule has 2 amide bonds. The number of pyridine rings is 1. The van der Waals surface area contributed by atoms with Gasteiger partial charge in [-0.15, -0.1) is 11.3 Å². The Bertz CT molecular complexity index is 1550. The molecule has 4 aromatic rings. The number of hydrogen-bond acceptors (Lipinski definition) is 7. The van der Waals surface area contributed by atoms with Crippen molar-refractivity contribution in [3.63, 3.8) is 0 Å². The Hall–Kier alpha value is -4.63. The third-order valence-corrected chi connectivity index (χ3v) is 7.15. The number of nitrogens with one attached hydrogen (secondary N) is 1. The molecule has 0 bridgehead atoms. The minimum Gasteiger partial charge on any atom is -0.503 e. The smallest absolute Gasteiger partial charge is 0.294 e. The van der Waals surface area contributed by atoms with Crippen molar-refractivity contribution >= 4 is 40.3 Å². The maximum Gasteiger partial charge on any atom is 0.294 e. The molecule has 37 heavy (non-hydrogen) atoms.